The molecule has 7 heteroatoms. The minimum Gasteiger partial charge on any atom is -0.444 e. The van der Waals surface area contributed by atoms with Crippen LogP contribution in [0.5, 0.6) is 0 Å². The van der Waals surface area contributed by atoms with Crippen LogP contribution >= 0.6 is 15.9 Å². The number of aromatic nitrogens is 3. The molecule has 0 saturated heterocycles. The number of hydrogen-bond donors (Lipinski definition) is 1. The molecule has 3 aromatic rings. The summed E-state index contributed by atoms with van der Waals surface area (Å²) in [6.45, 7) is 4.21. The van der Waals surface area contributed by atoms with E-state index in [1.165, 1.54) is 0 Å². The zero-order chi connectivity index (χ0) is 16.4. The van der Waals surface area contributed by atoms with Crippen molar-refractivity contribution < 1.29 is 9.21 Å². The van der Waals surface area contributed by atoms with Crippen molar-refractivity contribution in [1.29, 1.82) is 0 Å². The van der Waals surface area contributed by atoms with Gasteiger partial charge >= 0.3 is 0 Å². The molecule has 3 heterocycles. The molecule has 0 fully saturated rings. The van der Waals surface area contributed by atoms with Crippen molar-refractivity contribution in [2.45, 2.75) is 26.3 Å². The van der Waals surface area contributed by atoms with Crippen molar-refractivity contribution in [3.63, 3.8) is 0 Å². The first-order chi connectivity index (χ1) is 11.0. The average Bonchev–Trinajstić information content (AvgIpc) is 3.12. The maximum absolute atomic E-state index is 12.4. The number of nitrogens with one attached hydrogen (secondary N) is 1. The molecule has 0 radical (unpaired) electrons. The Morgan fingerprint density at radius 3 is 2.83 bits per heavy atom. The Hall–Kier alpha value is -2.15. The molecule has 0 aliphatic carbocycles. The zero-order valence-electron chi connectivity index (χ0n) is 12.9. The fourth-order valence-electron chi connectivity index (χ4n) is 2.46. The minimum absolute atomic E-state index is 0.247. The number of carbonyl (C=O) groups excluding carboxylic acids is 1. The van der Waals surface area contributed by atoms with Gasteiger partial charge in [0.1, 0.15) is 0 Å². The monoisotopic (exact) mass is 376 g/mol. The van der Waals surface area contributed by atoms with Gasteiger partial charge in [-0.2, -0.15) is 0 Å². The number of hydrogen-bond acceptors (Lipinski definition) is 4. The minimum atomic E-state index is -0.269. The molecule has 1 N–H and O–H groups in total. The summed E-state index contributed by atoms with van der Waals surface area (Å²) in [5.74, 6) is 1.10. The lowest BCUT2D eigenvalue weighted by Crippen LogP contribution is -2.30. The second-order valence-electron chi connectivity index (χ2n) is 5.75. The van der Waals surface area contributed by atoms with E-state index in [0.717, 1.165) is 12.1 Å². The number of nitrogens with zero attached hydrogens (tertiary/aromatic N) is 3. The first-order valence-corrected chi connectivity index (χ1v) is 8.19. The summed E-state index contributed by atoms with van der Waals surface area (Å²) in [4.78, 5) is 12.4. The maximum atomic E-state index is 12.4. The van der Waals surface area contributed by atoms with E-state index >= 15 is 0 Å². The van der Waals surface area contributed by atoms with Gasteiger partial charge in [-0.15, -0.1) is 10.2 Å². The SMILES string of the molecule is CC(C)C[C@@H](NC(=O)c1ccc(Br)o1)c1nnc2ccccn12. The Morgan fingerprint density at radius 1 is 1.30 bits per heavy atom. The van der Waals surface area contributed by atoms with Crippen LogP contribution in [0.3, 0.4) is 0 Å². The molecule has 120 valence electrons. The van der Waals surface area contributed by atoms with Crippen LogP contribution in [0.2, 0.25) is 0 Å². The lowest BCUT2D eigenvalue weighted by molar-refractivity contribution is 0.0900. The van der Waals surface area contributed by atoms with Crippen molar-refractivity contribution in [1.82, 2.24) is 19.9 Å². The van der Waals surface area contributed by atoms with Gasteiger partial charge < -0.3 is 9.73 Å². The first kappa shape index (κ1) is 15.7. The van der Waals surface area contributed by atoms with Crippen molar-refractivity contribution in [3.05, 3.63) is 52.8 Å². The van der Waals surface area contributed by atoms with Crippen LogP contribution in [0, 0.1) is 5.92 Å². The summed E-state index contributed by atoms with van der Waals surface area (Å²) in [6, 6.07) is 8.78. The molecule has 0 spiro atoms. The van der Waals surface area contributed by atoms with Crippen LogP contribution in [0.25, 0.3) is 5.65 Å². The molecular weight excluding hydrogens is 360 g/mol. The van der Waals surface area contributed by atoms with Gasteiger partial charge in [-0.3, -0.25) is 9.20 Å². The van der Waals surface area contributed by atoms with Gasteiger partial charge in [0, 0.05) is 6.20 Å². The molecule has 3 rings (SSSR count). The van der Waals surface area contributed by atoms with Crippen molar-refractivity contribution >= 4 is 27.5 Å². The number of halogens is 1. The van der Waals surface area contributed by atoms with Gasteiger partial charge in [0.25, 0.3) is 5.91 Å². The van der Waals surface area contributed by atoms with Gasteiger partial charge in [0.15, 0.2) is 21.9 Å². The number of carbonyl (C=O) groups is 1. The second-order valence-corrected chi connectivity index (χ2v) is 6.53. The lowest BCUT2D eigenvalue weighted by Gasteiger charge is -2.18. The molecule has 6 nitrogen and oxygen atoms in total. The quantitative estimate of drug-likeness (QED) is 0.738. The van der Waals surface area contributed by atoms with Crippen LogP contribution in [0.15, 0.2) is 45.6 Å². The molecule has 1 amide bonds. The lowest BCUT2D eigenvalue weighted by atomic mass is 10.0. The Kier molecular flexibility index (Phi) is 4.47. The third kappa shape index (κ3) is 3.44. The third-order valence-corrected chi connectivity index (χ3v) is 3.89. The number of rotatable bonds is 5. The molecule has 3 aromatic heterocycles. The molecule has 23 heavy (non-hydrogen) atoms. The van der Waals surface area contributed by atoms with Gasteiger partial charge in [0.2, 0.25) is 0 Å². The highest BCUT2D eigenvalue weighted by Gasteiger charge is 2.23. The molecular formula is C16H17BrN4O2. The average molecular weight is 377 g/mol. The first-order valence-electron chi connectivity index (χ1n) is 7.40. The summed E-state index contributed by atoms with van der Waals surface area (Å²) < 4.78 is 7.74. The Balaban J connectivity index is 1.90. The highest BCUT2D eigenvalue weighted by molar-refractivity contribution is 9.10. The van der Waals surface area contributed by atoms with E-state index in [4.69, 9.17) is 4.42 Å². The molecule has 0 bridgehead atoms. The fraction of sp³-hybridized carbons (Fsp3) is 0.312. The fourth-order valence-corrected chi connectivity index (χ4v) is 2.77. The van der Waals surface area contributed by atoms with Crippen molar-refractivity contribution in [2.24, 2.45) is 5.92 Å². The smallest absolute Gasteiger partial charge is 0.287 e. The molecule has 0 aliphatic rings. The third-order valence-electron chi connectivity index (χ3n) is 3.46. The van der Waals surface area contributed by atoms with E-state index < -0.39 is 0 Å². The summed E-state index contributed by atoms with van der Waals surface area (Å²) in [5.41, 5.74) is 0.756. The topological polar surface area (TPSA) is 72.4 Å². The van der Waals surface area contributed by atoms with Crippen LogP contribution in [-0.2, 0) is 0 Å². The van der Waals surface area contributed by atoms with E-state index in [1.807, 2.05) is 28.8 Å². The summed E-state index contributed by atoms with van der Waals surface area (Å²) in [5, 5.41) is 11.4. The number of furan rings is 1. The van der Waals surface area contributed by atoms with E-state index in [1.54, 1.807) is 12.1 Å². The predicted octanol–water partition coefficient (Wildman–Crippen LogP) is 3.60. The molecule has 1 atom stereocenters. The Labute approximate surface area is 142 Å². The normalized spacial score (nSPS) is 12.7. The van der Waals surface area contributed by atoms with Gasteiger partial charge in [0.05, 0.1) is 6.04 Å². The Morgan fingerprint density at radius 2 is 2.13 bits per heavy atom. The highest BCUT2D eigenvalue weighted by Crippen LogP contribution is 2.22. The standard InChI is InChI=1S/C16H17BrN4O2/c1-10(2)9-11(18-16(22)12-6-7-13(17)23-12)15-20-19-14-5-3-4-8-21(14)15/h3-8,10-11H,9H2,1-2H3,(H,18,22)/t11-/m1/s1. The van der Waals surface area contributed by atoms with Crippen LogP contribution in [0.4, 0.5) is 0 Å². The number of fused-ring (bicyclic) bond motifs is 1. The molecule has 0 aliphatic heterocycles. The summed E-state index contributed by atoms with van der Waals surface area (Å²) >= 11 is 3.21. The predicted molar refractivity (Wildman–Crippen MR) is 89.1 cm³/mol. The number of pyridine rings is 1. The summed E-state index contributed by atoms with van der Waals surface area (Å²) in [6.07, 6.45) is 2.65. The van der Waals surface area contributed by atoms with Crippen molar-refractivity contribution in [3.8, 4) is 0 Å². The molecule has 0 saturated carbocycles. The number of amides is 1. The van der Waals surface area contributed by atoms with Gasteiger partial charge in [-0.25, -0.2) is 0 Å². The Bertz CT molecular complexity index is 824. The highest BCUT2D eigenvalue weighted by atomic mass is 79.9. The second kappa shape index (κ2) is 6.54. The van der Waals surface area contributed by atoms with Crippen LogP contribution in [-0.4, -0.2) is 20.5 Å². The van der Waals surface area contributed by atoms with Crippen LogP contribution in [0.1, 0.15) is 42.7 Å². The van der Waals surface area contributed by atoms with Gasteiger partial charge in [-0.05, 0) is 52.5 Å². The molecule has 0 unspecified atom stereocenters. The van der Waals surface area contributed by atoms with E-state index in [2.05, 4.69) is 45.3 Å². The molecule has 0 aromatic carbocycles. The van der Waals surface area contributed by atoms with Gasteiger partial charge in [-0.1, -0.05) is 19.9 Å². The van der Waals surface area contributed by atoms with Crippen molar-refractivity contribution in [2.75, 3.05) is 0 Å². The zero-order valence-corrected chi connectivity index (χ0v) is 14.4. The van der Waals surface area contributed by atoms with Crippen LogP contribution < -0.4 is 5.32 Å². The van der Waals surface area contributed by atoms with E-state index in [0.29, 0.717) is 16.4 Å². The summed E-state index contributed by atoms with van der Waals surface area (Å²) in [7, 11) is 0. The maximum Gasteiger partial charge on any atom is 0.287 e. The van der Waals surface area contributed by atoms with E-state index in [-0.39, 0.29) is 17.7 Å². The van der Waals surface area contributed by atoms with E-state index in [9.17, 15) is 4.79 Å². The largest absolute Gasteiger partial charge is 0.444 e.